The second kappa shape index (κ2) is 5.56. The van der Waals surface area contributed by atoms with Crippen molar-refractivity contribution in [2.24, 2.45) is 0 Å². The molecule has 1 aromatic rings. The minimum Gasteiger partial charge on any atom is -0.396 e. The molecular weight excluding hydrogens is 200 g/mol. The van der Waals surface area contributed by atoms with E-state index in [2.05, 4.69) is 46.5 Å². The van der Waals surface area contributed by atoms with Crippen molar-refractivity contribution in [2.45, 2.75) is 13.0 Å². The molecule has 0 spiro atoms. The molecule has 0 saturated carbocycles. The first-order valence-corrected chi connectivity index (χ1v) is 5.70. The monoisotopic (exact) mass is 218 g/mol. The fourth-order valence-electron chi connectivity index (χ4n) is 1.86. The van der Waals surface area contributed by atoms with Crippen LogP contribution in [0.2, 0.25) is 0 Å². The summed E-state index contributed by atoms with van der Waals surface area (Å²) in [6, 6.07) is 10.5. The van der Waals surface area contributed by atoms with Gasteiger partial charge >= 0.3 is 0 Å². The van der Waals surface area contributed by atoms with Crippen LogP contribution in [-0.2, 0) is 6.54 Å². The summed E-state index contributed by atoms with van der Waals surface area (Å²) in [6.45, 7) is 3.07. The van der Waals surface area contributed by atoms with Crippen LogP contribution < -0.4 is 0 Å². The lowest BCUT2D eigenvalue weighted by atomic mass is 10.2. The highest BCUT2D eigenvalue weighted by atomic mass is 16.3. The van der Waals surface area contributed by atoms with E-state index < -0.39 is 0 Å². The highest BCUT2D eigenvalue weighted by molar-refractivity contribution is 5.15. The molecule has 0 aliphatic carbocycles. The molecule has 1 heterocycles. The van der Waals surface area contributed by atoms with Crippen molar-refractivity contribution in [3.05, 3.63) is 48.3 Å². The van der Waals surface area contributed by atoms with E-state index in [4.69, 9.17) is 5.11 Å². The number of rotatable bonds is 5. The molecule has 2 rings (SSSR count). The molecule has 0 unspecified atom stereocenters. The number of aliphatic hydroxyl groups excluding tert-OH is 1. The van der Waals surface area contributed by atoms with Gasteiger partial charge in [-0.3, -0.25) is 0 Å². The fourth-order valence-corrected chi connectivity index (χ4v) is 1.86. The molecule has 16 heavy (non-hydrogen) atoms. The van der Waals surface area contributed by atoms with Gasteiger partial charge in [-0.15, -0.1) is 0 Å². The molecular formula is C13H18N2O. The van der Waals surface area contributed by atoms with Gasteiger partial charge in [0.15, 0.2) is 0 Å². The zero-order valence-corrected chi connectivity index (χ0v) is 9.42. The molecule has 0 aromatic heterocycles. The van der Waals surface area contributed by atoms with Crippen LogP contribution in [0.25, 0.3) is 0 Å². The largest absolute Gasteiger partial charge is 0.396 e. The maximum Gasteiger partial charge on any atom is 0.0897 e. The van der Waals surface area contributed by atoms with E-state index in [1.54, 1.807) is 0 Å². The lowest BCUT2D eigenvalue weighted by molar-refractivity contribution is 0.226. The van der Waals surface area contributed by atoms with Crippen LogP contribution in [0.5, 0.6) is 0 Å². The standard InChI is InChI=1S/C13H18N2O/c16-10-4-7-14-8-9-15(12-14)11-13-5-2-1-3-6-13/h1-3,5-6,8-9,16H,4,7,10-12H2. The summed E-state index contributed by atoms with van der Waals surface area (Å²) in [5, 5.41) is 8.76. The molecule has 1 aliphatic rings. The van der Waals surface area contributed by atoms with Crippen LogP contribution in [0.1, 0.15) is 12.0 Å². The average Bonchev–Trinajstić information content (AvgIpc) is 2.75. The van der Waals surface area contributed by atoms with Gasteiger partial charge in [-0.05, 0) is 12.0 Å². The van der Waals surface area contributed by atoms with Gasteiger partial charge in [0.05, 0.1) is 6.67 Å². The van der Waals surface area contributed by atoms with Crippen LogP contribution >= 0.6 is 0 Å². The Morgan fingerprint density at radius 2 is 1.81 bits per heavy atom. The third-order valence-electron chi connectivity index (χ3n) is 2.68. The van der Waals surface area contributed by atoms with Gasteiger partial charge in [0.2, 0.25) is 0 Å². The second-order valence-electron chi connectivity index (χ2n) is 4.06. The predicted octanol–water partition coefficient (Wildman–Crippen LogP) is 1.62. The number of hydrogen-bond donors (Lipinski definition) is 1. The Bertz CT molecular complexity index is 337. The summed E-state index contributed by atoms with van der Waals surface area (Å²) in [4.78, 5) is 4.49. The van der Waals surface area contributed by atoms with Crippen LogP contribution in [0, 0.1) is 0 Å². The molecule has 0 bridgehead atoms. The third kappa shape index (κ3) is 3.00. The van der Waals surface area contributed by atoms with Gasteiger partial charge in [0.1, 0.15) is 0 Å². The minimum absolute atomic E-state index is 0.267. The van der Waals surface area contributed by atoms with Crippen LogP contribution in [0.15, 0.2) is 42.7 Å². The van der Waals surface area contributed by atoms with Crippen molar-refractivity contribution < 1.29 is 5.11 Å². The second-order valence-corrected chi connectivity index (χ2v) is 4.06. The molecule has 1 N–H and O–H groups in total. The molecule has 0 atom stereocenters. The predicted molar refractivity (Wildman–Crippen MR) is 64.4 cm³/mol. The van der Waals surface area contributed by atoms with Gasteiger partial charge in [-0.1, -0.05) is 30.3 Å². The average molecular weight is 218 g/mol. The van der Waals surface area contributed by atoms with Crippen molar-refractivity contribution in [3.63, 3.8) is 0 Å². The first-order valence-electron chi connectivity index (χ1n) is 5.70. The Labute approximate surface area is 96.6 Å². The Hall–Kier alpha value is -1.48. The number of aliphatic hydroxyl groups is 1. The first-order chi connectivity index (χ1) is 7.88. The van der Waals surface area contributed by atoms with E-state index >= 15 is 0 Å². The summed E-state index contributed by atoms with van der Waals surface area (Å²) < 4.78 is 0. The Morgan fingerprint density at radius 3 is 2.56 bits per heavy atom. The zero-order valence-electron chi connectivity index (χ0n) is 9.42. The maximum atomic E-state index is 8.76. The summed E-state index contributed by atoms with van der Waals surface area (Å²) in [5.41, 5.74) is 1.33. The van der Waals surface area contributed by atoms with Crippen molar-refractivity contribution in [3.8, 4) is 0 Å². The maximum absolute atomic E-state index is 8.76. The Kier molecular flexibility index (Phi) is 3.83. The molecule has 1 aliphatic heterocycles. The molecule has 3 nitrogen and oxygen atoms in total. The SMILES string of the molecule is OCCCN1C=CN(Cc2ccccc2)C1. The number of nitrogens with zero attached hydrogens (tertiary/aromatic N) is 2. The van der Waals surface area contributed by atoms with Crippen molar-refractivity contribution in [1.82, 2.24) is 9.80 Å². The zero-order chi connectivity index (χ0) is 11.2. The fraction of sp³-hybridized carbons (Fsp3) is 0.385. The summed E-state index contributed by atoms with van der Waals surface area (Å²) in [5.74, 6) is 0. The van der Waals surface area contributed by atoms with E-state index in [9.17, 15) is 0 Å². The van der Waals surface area contributed by atoms with Gasteiger partial charge in [-0.25, -0.2) is 0 Å². The van der Waals surface area contributed by atoms with E-state index in [1.807, 2.05) is 6.07 Å². The number of hydrogen-bond acceptors (Lipinski definition) is 3. The van der Waals surface area contributed by atoms with Gasteiger partial charge in [0.25, 0.3) is 0 Å². The molecule has 0 radical (unpaired) electrons. The summed E-state index contributed by atoms with van der Waals surface area (Å²) >= 11 is 0. The molecule has 86 valence electrons. The lowest BCUT2D eigenvalue weighted by Crippen LogP contribution is -2.26. The molecule has 0 amide bonds. The summed E-state index contributed by atoms with van der Waals surface area (Å²) in [7, 11) is 0. The summed E-state index contributed by atoms with van der Waals surface area (Å²) in [6.07, 6.45) is 5.05. The lowest BCUT2D eigenvalue weighted by Gasteiger charge is -2.21. The quantitative estimate of drug-likeness (QED) is 0.813. The van der Waals surface area contributed by atoms with E-state index in [0.717, 1.165) is 26.2 Å². The molecule has 0 fully saturated rings. The number of benzene rings is 1. The molecule has 0 saturated heterocycles. The molecule has 1 aromatic carbocycles. The van der Waals surface area contributed by atoms with Crippen LogP contribution in [0.4, 0.5) is 0 Å². The van der Waals surface area contributed by atoms with E-state index in [1.165, 1.54) is 5.56 Å². The smallest absolute Gasteiger partial charge is 0.0897 e. The Morgan fingerprint density at radius 1 is 1.06 bits per heavy atom. The molecule has 3 heteroatoms. The topological polar surface area (TPSA) is 26.7 Å². The van der Waals surface area contributed by atoms with Crippen molar-refractivity contribution in [1.29, 1.82) is 0 Å². The highest BCUT2D eigenvalue weighted by Crippen LogP contribution is 2.11. The van der Waals surface area contributed by atoms with Gasteiger partial charge in [-0.2, -0.15) is 0 Å². The van der Waals surface area contributed by atoms with Crippen molar-refractivity contribution in [2.75, 3.05) is 19.8 Å². The highest BCUT2D eigenvalue weighted by Gasteiger charge is 2.11. The van der Waals surface area contributed by atoms with E-state index in [0.29, 0.717) is 0 Å². The first kappa shape index (κ1) is 11.0. The van der Waals surface area contributed by atoms with Crippen molar-refractivity contribution >= 4 is 0 Å². The van der Waals surface area contributed by atoms with E-state index in [-0.39, 0.29) is 6.61 Å². The van der Waals surface area contributed by atoms with Gasteiger partial charge < -0.3 is 14.9 Å². The van der Waals surface area contributed by atoms with Crippen LogP contribution in [-0.4, -0.2) is 34.7 Å². The van der Waals surface area contributed by atoms with Gasteiger partial charge in [0, 0.05) is 32.1 Å². The Balaban J connectivity index is 1.80. The third-order valence-corrected chi connectivity index (χ3v) is 2.68. The van der Waals surface area contributed by atoms with Crippen LogP contribution in [0.3, 0.4) is 0 Å². The normalized spacial score (nSPS) is 14.8. The minimum atomic E-state index is 0.267.